The maximum atomic E-state index is 5.32. The molecule has 0 spiro atoms. The van der Waals surface area contributed by atoms with Crippen molar-refractivity contribution >= 4 is 11.6 Å². The summed E-state index contributed by atoms with van der Waals surface area (Å²) in [4.78, 5) is 10.9. The van der Waals surface area contributed by atoms with Gasteiger partial charge in [0.05, 0.1) is 14.2 Å². The first-order valence-corrected chi connectivity index (χ1v) is 7.80. The number of rotatable bonds is 5. The molecule has 0 atom stereocenters. The number of ether oxygens (including phenoxy) is 2. The van der Waals surface area contributed by atoms with Crippen molar-refractivity contribution in [2.45, 2.75) is 18.9 Å². The van der Waals surface area contributed by atoms with Crippen molar-refractivity contribution in [3.8, 4) is 11.5 Å². The molecule has 1 aromatic heterocycles. The van der Waals surface area contributed by atoms with E-state index in [1.807, 2.05) is 24.3 Å². The molecule has 3 rings (SSSR count). The number of hydrogen-bond acceptors (Lipinski definition) is 6. The molecule has 2 heterocycles. The Balaban J connectivity index is 1.60. The third kappa shape index (κ3) is 3.83. The highest BCUT2D eigenvalue weighted by atomic mass is 16.5. The van der Waals surface area contributed by atoms with Crippen LogP contribution >= 0.6 is 0 Å². The molecule has 1 aromatic carbocycles. The number of aromatic nitrogens is 2. The number of nitrogens with zero attached hydrogens (tertiary/aromatic N) is 3. The van der Waals surface area contributed by atoms with Gasteiger partial charge in [-0.3, -0.25) is 0 Å². The standard InChI is InChI=1S/C17H22N4O2/c1-22-15-10-14(11-16(12-15)23-2)20-13-4-8-21(9-5-13)17-18-6-3-7-19-17/h3,6-7,10-13,20H,4-5,8-9H2,1-2H3. The van der Waals surface area contributed by atoms with Crippen LogP contribution in [0.25, 0.3) is 0 Å². The number of benzene rings is 1. The molecule has 0 aliphatic carbocycles. The summed E-state index contributed by atoms with van der Waals surface area (Å²) in [6.45, 7) is 1.89. The quantitative estimate of drug-likeness (QED) is 0.915. The largest absolute Gasteiger partial charge is 0.497 e. The summed E-state index contributed by atoms with van der Waals surface area (Å²) in [5.74, 6) is 2.40. The third-order valence-corrected chi connectivity index (χ3v) is 4.05. The van der Waals surface area contributed by atoms with Crippen molar-refractivity contribution in [2.24, 2.45) is 0 Å². The number of piperidine rings is 1. The van der Waals surface area contributed by atoms with Crippen LogP contribution in [-0.4, -0.2) is 43.3 Å². The van der Waals surface area contributed by atoms with Gasteiger partial charge in [0.25, 0.3) is 0 Å². The second kappa shape index (κ2) is 7.17. The lowest BCUT2D eigenvalue weighted by Gasteiger charge is -2.32. The van der Waals surface area contributed by atoms with E-state index in [4.69, 9.17) is 9.47 Å². The van der Waals surface area contributed by atoms with Gasteiger partial charge in [0.2, 0.25) is 5.95 Å². The van der Waals surface area contributed by atoms with Crippen LogP contribution in [-0.2, 0) is 0 Å². The van der Waals surface area contributed by atoms with E-state index in [0.717, 1.165) is 49.1 Å². The second-order valence-corrected chi connectivity index (χ2v) is 5.56. The molecule has 0 amide bonds. The predicted octanol–water partition coefficient (Wildman–Crippen LogP) is 2.57. The normalized spacial score (nSPS) is 15.3. The molecule has 1 saturated heterocycles. The lowest BCUT2D eigenvalue weighted by Crippen LogP contribution is -2.39. The molecule has 6 heteroatoms. The summed E-state index contributed by atoms with van der Waals surface area (Å²) in [6.07, 6.45) is 5.65. The fraction of sp³-hybridized carbons (Fsp3) is 0.412. The molecule has 0 radical (unpaired) electrons. The molecule has 6 nitrogen and oxygen atoms in total. The summed E-state index contributed by atoms with van der Waals surface area (Å²) in [5.41, 5.74) is 1.02. The van der Waals surface area contributed by atoms with Crippen LogP contribution in [0.2, 0.25) is 0 Å². The van der Waals surface area contributed by atoms with Crippen molar-refractivity contribution in [2.75, 3.05) is 37.5 Å². The lowest BCUT2D eigenvalue weighted by molar-refractivity contribution is 0.394. The van der Waals surface area contributed by atoms with Crippen LogP contribution in [0.1, 0.15) is 12.8 Å². The molecule has 23 heavy (non-hydrogen) atoms. The zero-order valence-corrected chi connectivity index (χ0v) is 13.5. The number of anilines is 2. The zero-order chi connectivity index (χ0) is 16.1. The van der Waals surface area contributed by atoms with Gasteiger partial charge in [0.15, 0.2) is 0 Å². The second-order valence-electron chi connectivity index (χ2n) is 5.56. The first-order valence-electron chi connectivity index (χ1n) is 7.80. The molecule has 1 aliphatic heterocycles. The zero-order valence-electron chi connectivity index (χ0n) is 13.5. The molecule has 1 fully saturated rings. The number of nitrogens with one attached hydrogen (secondary N) is 1. The molecule has 0 bridgehead atoms. The Hall–Kier alpha value is -2.50. The minimum Gasteiger partial charge on any atom is -0.497 e. The van der Waals surface area contributed by atoms with Gasteiger partial charge >= 0.3 is 0 Å². The van der Waals surface area contributed by atoms with Crippen LogP contribution in [0, 0.1) is 0 Å². The summed E-state index contributed by atoms with van der Waals surface area (Å²) in [7, 11) is 3.33. The summed E-state index contributed by atoms with van der Waals surface area (Å²) >= 11 is 0. The first-order chi connectivity index (χ1) is 11.3. The number of methoxy groups -OCH3 is 2. The van der Waals surface area contributed by atoms with E-state index in [-0.39, 0.29) is 0 Å². The Kier molecular flexibility index (Phi) is 4.80. The van der Waals surface area contributed by atoms with Crippen molar-refractivity contribution in [3.05, 3.63) is 36.7 Å². The summed E-state index contributed by atoms with van der Waals surface area (Å²) in [5, 5.41) is 3.57. The van der Waals surface area contributed by atoms with Gasteiger partial charge in [-0.25, -0.2) is 9.97 Å². The van der Waals surface area contributed by atoms with Crippen LogP contribution < -0.4 is 19.7 Å². The SMILES string of the molecule is COc1cc(NC2CCN(c3ncccn3)CC2)cc(OC)c1. The highest BCUT2D eigenvalue weighted by Crippen LogP contribution is 2.27. The van der Waals surface area contributed by atoms with E-state index in [2.05, 4.69) is 20.2 Å². The molecule has 122 valence electrons. The predicted molar refractivity (Wildman–Crippen MR) is 90.4 cm³/mol. The molecule has 0 unspecified atom stereocenters. The lowest BCUT2D eigenvalue weighted by atomic mass is 10.0. The van der Waals surface area contributed by atoms with Crippen molar-refractivity contribution in [1.82, 2.24) is 9.97 Å². The van der Waals surface area contributed by atoms with E-state index >= 15 is 0 Å². The average Bonchev–Trinajstić information content (AvgIpc) is 2.62. The molecule has 2 aromatic rings. The molecular formula is C17H22N4O2. The minimum atomic E-state index is 0.423. The van der Waals surface area contributed by atoms with Crippen LogP contribution in [0.3, 0.4) is 0 Å². The first kappa shape index (κ1) is 15.4. The minimum absolute atomic E-state index is 0.423. The van der Waals surface area contributed by atoms with Gasteiger partial charge < -0.3 is 19.7 Å². The van der Waals surface area contributed by atoms with Gasteiger partial charge in [-0.2, -0.15) is 0 Å². The van der Waals surface area contributed by atoms with Crippen molar-refractivity contribution in [1.29, 1.82) is 0 Å². The average molecular weight is 314 g/mol. The van der Waals surface area contributed by atoms with Crippen molar-refractivity contribution < 1.29 is 9.47 Å². The maximum absolute atomic E-state index is 5.32. The Morgan fingerprint density at radius 2 is 1.61 bits per heavy atom. The highest BCUT2D eigenvalue weighted by Gasteiger charge is 2.20. The maximum Gasteiger partial charge on any atom is 0.225 e. The van der Waals surface area contributed by atoms with Crippen molar-refractivity contribution in [3.63, 3.8) is 0 Å². The molecule has 1 N–H and O–H groups in total. The fourth-order valence-corrected chi connectivity index (χ4v) is 2.80. The Labute approximate surface area is 136 Å². The third-order valence-electron chi connectivity index (χ3n) is 4.05. The highest BCUT2D eigenvalue weighted by molar-refractivity contribution is 5.54. The van der Waals surface area contributed by atoms with Gasteiger partial charge in [-0.1, -0.05) is 0 Å². The van der Waals surface area contributed by atoms with Crippen LogP contribution in [0.4, 0.5) is 11.6 Å². The fourth-order valence-electron chi connectivity index (χ4n) is 2.80. The molecular weight excluding hydrogens is 292 g/mol. The monoisotopic (exact) mass is 314 g/mol. The Bertz CT molecular complexity index is 605. The van der Waals surface area contributed by atoms with E-state index in [0.29, 0.717) is 6.04 Å². The van der Waals surface area contributed by atoms with E-state index in [9.17, 15) is 0 Å². The Morgan fingerprint density at radius 3 is 2.17 bits per heavy atom. The summed E-state index contributed by atoms with van der Waals surface area (Å²) < 4.78 is 10.6. The van der Waals surface area contributed by atoms with Gasteiger partial charge in [0.1, 0.15) is 11.5 Å². The van der Waals surface area contributed by atoms with Crippen LogP contribution in [0.5, 0.6) is 11.5 Å². The topological polar surface area (TPSA) is 59.5 Å². The van der Waals surface area contributed by atoms with Gasteiger partial charge in [-0.15, -0.1) is 0 Å². The van der Waals surface area contributed by atoms with Crippen LogP contribution in [0.15, 0.2) is 36.7 Å². The van der Waals surface area contributed by atoms with E-state index in [1.54, 1.807) is 26.6 Å². The Morgan fingerprint density at radius 1 is 1.00 bits per heavy atom. The van der Waals surface area contributed by atoms with E-state index < -0.39 is 0 Å². The molecule has 0 saturated carbocycles. The van der Waals surface area contributed by atoms with Gasteiger partial charge in [0, 0.05) is 55.4 Å². The van der Waals surface area contributed by atoms with E-state index in [1.165, 1.54) is 0 Å². The molecule has 1 aliphatic rings. The smallest absolute Gasteiger partial charge is 0.225 e. The van der Waals surface area contributed by atoms with Gasteiger partial charge in [-0.05, 0) is 18.9 Å². The summed E-state index contributed by atoms with van der Waals surface area (Å²) in [6, 6.07) is 8.13. The number of hydrogen-bond donors (Lipinski definition) is 1.